The molecule has 0 fully saturated rings. The third-order valence-electron chi connectivity index (χ3n) is 2.07. The van der Waals surface area contributed by atoms with Crippen molar-refractivity contribution in [1.82, 2.24) is 0 Å². The van der Waals surface area contributed by atoms with Gasteiger partial charge in [-0.1, -0.05) is 0 Å². The van der Waals surface area contributed by atoms with E-state index in [0.717, 1.165) is 0 Å². The second-order valence-electron chi connectivity index (χ2n) is 3.35. The van der Waals surface area contributed by atoms with Crippen molar-refractivity contribution < 1.29 is 20.2 Å². The Kier molecular flexibility index (Phi) is 5.36. The van der Waals surface area contributed by atoms with Crippen molar-refractivity contribution in [3.8, 4) is 0 Å². The van der Waals surface area contributed by atoms with Crippen molar-refractivity contribution in [2.45, 2.75) is 17.6 Å². The molecule has 0 bridgehead atoms. The number of benzene rings is 1. The Hall–Kier alpha value is -1.15. The number of thioether (sulfide) groups is 1. The van der Waals surface area contributed by atoms with E-state index < -0.39 is 17.6 Å². The lowest BCUT2D eigenvalue weighted by Gasteiger charge is -2.07. The van der Waals surface area contributed by atoms with E-state index >= 15 is 0 Å². The van der Waals surface area contributed by atoms with Crippen molar-refractivity contribution in [1.29, 1.82) is 0 Å². The van der Waals surface area contributed by atoms with Crippen LogP contribution < -0.4 is 0 Å². The first kappa shape index (κ1) is 13.9. The molecular formula is C10H13NO5S. The molecule has 0 spiro atoms. The molecular weight excluding hydrogens is 246 g/mol. The fourth-order valence-electron chi connectivity index (χ4n) is 1.20. The quantitative estimate of drug-likeness (QED) is 0.391. The Morgan fingerprint density at radius 1 is 1.41 bits per heavy atom. The molecule has 0 amide bonds. The second kappa shape index (κ2) is 6.55. The van der Waals surface area contributed by atoms with E-state index in [9.17, 15) is 10.1 Å². The maximum absolute atomic E-state index is 10.6. The van der Waals surface area contributed by atoms with Crippen LogP contribution in [0.15, 0.2) is 23.1 Å². The van der Waals surface area contributed by atoms with E-state index in [1.165, 1.54) is 23.9 Å². The van der Waals surface area contributed by atoms with Crippen molar-refractivity contribution in [3.63, 3.8) is 0 Å². The lowest BCUT2D eigenvalue weighted by Crippen LogP contribution is -2.14. The molecule has 1 rings (SSSR count). The Morgan fingerprint density at radius 2 is 2.12 bits per heavy atom. The van der Waals surface area contributed by atoms with Crippen LogP contribution >= 0.6 is 11.8 Å². The zero-order valence-corrected chi connectivity index (χ0v) is 9.76. The van der Waals surface area contributed by atoms with Crippen LogP contribution in [0.5, 0.6) is 0 Å². The average Bonchev–Trinajstić information content (AvgIpc) is 2.35. The lowest BCUT2D eigenvalue weighted by atomic mass is 10.2. The third kappa shape index (κ3) is 3.97. The molecule has 0 aliphatic carbocycles. The van der Waals surface area contributed by atoms with Gasteiger partial charge in [0.05, 0.1) is 29.8 Å². The molecule has 3 N–H and O–H groups in total. The molecule has 0 saturated carbocycles. The van der Waals surface area contributed by atoms with Crippen LogP contribution in [0.1, 0.15) is 5.56 Å². The summed E-state index contributed by atoms with van der Waals surface area (Å²) in [5.41, 5.74) is 0.109. The molecule has 0 aromatic heterocycles. The number of nitrogens with zero attached hydrogens (tertiary/aromatic N) is 1. The van der Waals surface area contributed by atoms with Crippen LogP contribution in [-0.2, 0) is 6.61 Å². The largest absolute Gasteiger partial charge is 0.394 e. The fraction of sp³-hybridized carbons (Fsp3) is 0.400. The first-order valence-corrected chi connectivity index (χ1v) is 5.87. The molecule has 1 atom stereocenters. The van der Waals surface area contributed by atoms with Crippen molar-refractivity contribution >= 4 is 17.4 Å². The molecule has 17 heavy (non-hydrogen) atoms. The van der Waals surface area contributed by atoms with E-state index in [1.807, 2.05) is 0 Å². The highest BCUT2D eigenvalue weighted by atomic mass is 32.2. The summed E-state index contributed by atoms with van der Waals surface area (Å²) in [7, 11) is 0. The SMILES string of the molecule is O=[N+]([O-])c1ccc(SCC(O)CO)cc1CO. The zero-order valence-electron chi connectivity index (χ0n) is 8.94. The summed E-state index contributed by atoms with van der Waals surface area (Å²) in [5, 5.41) is 37.4. The van der Waals surface area contributed by atoms with Crippen LogP contribution in [0.2, 0.25) is 0 Å². The number of nitro benzene ring substituents is 1. The molecule has 7 heteroatoms. The number of hydrogen-bond donors (Lipinski definition) is 3. The van der Waals surface area contributed by atoms with Gasteiger partial charge in [0.25, 0.3) is 5.69 Å². The van der Waals surface area contributed by atoms with Gasteiger partial charge in [-0.3, -0.25) is 10.1 Å². The molecule has 6 nitrogen and oxygen atoms in total. The van der Waals surface area contributed by atoms with Crippen LogP contribution in [0.25, 0.3) is 0 Å². The molecule has 94 valence electrons. The Morgan fingerprint density at radius 3 is 2.65 bits per heavy atom. The van der Waals surface area contributed by atoms with Gasteiger partial charge in [-0.15, -0.1) is 11.8 Å². The van der Waals surface area contributed by atoms with E-state index in [1.54, 1.807) is 6.07 Å². The van der Waals surface area contributed by atoms with Gasteiger partial charge < -0.3 is 15.3 Å². The van der Waals surface area contributed by atoms with Crippen LogP contribution in [0.4, 0.5) is 5.69 Å². The van der Waals surface area contributed by atoms with E-state index in [-0.39, 0.29) is 17.9 Å². The summed E-state index contributed by atoms with van der Waals surface area (Å²) in [4.78, 5) is 10.8. The third-order valence-corrected chi connectivity index (χ3v) is 3.21. The molecule has 0 radical (unpaired) electrons. The highest BCUT2D eigenvalue weighted by molar-refractivity contribution is 7.99. The Balaban J connectivity index is 2.79. The number of aliphatic hydroxyl groups excluding tert-OH is 3. The van der Waals surface area contributed by atoms with E-state index in [4.69, 9.17) is 15.3 Å². The van der Waals surface area contributed by atoms with Gasteiger partial charge in [0.1, 0.15) is 0 Å². The van der Waals surface area contributed by atoms with Gasteiger partial charge in [0.2, 0.25) is 0 Å². The number of rotatable bonds is 6. The summed E-state index contributed by atoms with van der Waals surface area (Å²) in [6.45, 7) is -0.736. The number of nitro groups is 1. The van der Waals surface area contributed by atoms with Crippen molar-refractivity contribution in [2.75, 3.05) is 12.4 Å². The Bertz CT molecular complexity index is 398. The highest BCUT2D eigenvalue weighted by Gasteiger charge is 2.13. The monoisotopic (exact) mass is 259 g/mol. The summed E-state index contributed by atoms with van der Waals surface area (Å²) >= 11 is 1.26. The van der Waals surface area contributed by atoms with E-state index in [0.29, 0.717) is 10.6 Å². The molecule has 1 aromatic rings. The predicted molar refractivity (Wildman–Crippen MR) is 62.8 cm³/mol. The van der Waals surface area contributed by atoms with Crippen LogP contribution in [-0.4, -0.2) is 38.7 Å². The van der Waals surface area contributed by atoms with Crippen LogP contribution in [0, 0.1) is 10.1 Å². The average molecular weight is 259 g/mol. The fourth-order valence-corrected chi connectivity index (χ4v) is 2.08. The van der Waals surface area contributed by atoms with Crippen molar-refractivity contribution in [2.24, 2.45) is 0 Å². The molecule has 0 heterocycles. The highest BCUT2D eigenvalue weighted by Crippen LogP contribution is 2.26. The molecule has 0 aliphatic rings. The maximum Gasteiger partial charge on any atom is 0.274 e. The molecule has 0 saturated heterocycles. The summed E-state index contributed by atoms with van der Waals surface area (Å²) in [6.07, 6.45) is -0.826. The predicted octanol–water partition coefficient (Wildman–Crippen LogP) is 0.532. The van der Waals surface area contributed by atoms with Gasteiger partial charge >= 0.3 is 0 Å². The minimum atomic E-state index is -0.826. The Labute approximate surface area is 102 Å². The van der Waals surface area contributed by atoms with Crippen LogP contribution in [0.3, 0.4) is 0 Å². The molecule has 1 unspecified atom stereocenters. The summed E-state index contributed by atoms with van der Waals surface area (Å²) in [6, 6.07) is 4.37. The summed E-state index contributed by atoms with van der Waals surface area (Å²) < 4.78 is 0. The van der Waals surface area contributed by atoms with Gasteiger partial charge in [-0.2, -0.15) is 0 Å². The lowest BCUT2D eigenvalue weighted by molar-refractivity contribution is -0.385. The van der Waals surface area contributed by atoms with Gasteiger partial charge in [0, 0.05) is 16.7 Å². The minimum absolute atomic E-state index is 0.125. The molecule has 0 aliphatic heterocycles. The standard InChI is InChI=1S/C10H13NO5S/c12-4-7-3-9(17-6-8(14)5-13)1-2-10(7)11(15)16/h1-3,8,12-14H,4-6H2. The first-order valence-electron chi connectivity index (χ1n) is 4.88. The summed E-state index contributed by atoms with van der Waals surface area (Å²) in [5.74, 6) is 0.291. The van der Waals surface area contributed by atoms with Gasteiger partial charge in [-0.25, -0.2) is 0 Å². The van der Waals surface area contributed by atoms with E-state index in [2.05, 4.69) is 0 Å². The van der Waals surface area contributed by atoms with Gasteiger partial charge in [-0.05, 0) is 12.1 Å². The topological polar surface area (TPSA) is 104 Å². The smallest absolute Gasteiger partial charge is 0.274 e. The first-order chi connectivity index (χ1) is 8.08. The normalized spacial score (nSPS) is 12.4. The number of hydrogen-bond acceptors (Lipinski definition) is 6. The number of aliphatic hydroxyl groups is 3. The maximum atomic E-state index is 10.6. The van der Waals surface area contributed by atoms with Crippen molar-refractivity contribution in [3.05, 3.63) is 33.9 Å². The second-order valence-corrected chi connectivity index (χ2v) is 4.45. The molecule has 1 aromatic carbocycles. The van der Waals surface area contributed by atoms with Gasteiger partial charge in [0.15, 0.2) is 0 Å². The zero-order chi connectivity index (χ0) is 12.8. The minimum Gasteiger partial charge on any atom is -0.394 e.